The Hall–Kier alpha value is -2.89. The Morgan fingerprint density at radius 2 is 1.86 bits per heavy atom. The average molecular weight is 301 g/mol. The molecule has 2 rings (SSSR count). The predicted octanol–water partition coefficient (Wildman–Crippen LogP) is 2.04. The number of aliphatic carboxylic acids is 1. The summed E-state index contributed by atoms with van der Waals surface area (Å²) in [5.74, 6) is -0.650. The van der Waals surface area contributed by atoms with Crippen molar-refractivity contribution < 1.29 is 24.0 Å². The number of hydrogen-bond donors (Lipinski definition) is 2. The average Bonchev–Trinajstić information content (AvgIpc) is 2.54. The molecule has 6 nitrogen and oxygen atoms in total. The van der Waals surface area contributed by atoms with Crippen LogP contribution in [0.5, 0.6) is 0 Å². The molecule has 0 saturated heterocycles. The normalized spacial score (nSPS) is 11.5. The Morgan fingerprint density at radius 3 is 2.55 bits per heavy atom. The second-order valence-electron chi connectivity index (χ2n) is 4.70. The largest absolute Gasteiger partial charge is 0.512 e. The number of nitrogens with zero attached hydrogens (tertiary/aromatic N) is 1. The Morgan fingerprint density at radius 1 is 1.18 bits per heavy atom. The summed E-state index contributed by atoms with van der Waals surface area (Å²) in [6, 6.07) is 13.5. The van der Waals surface area contributed by atoms with Gasteiger partial charge in [-0.15, -0.1) is 4.57 Å². The molecule has 22 heavy (non-hydrogen) atoms. The molecule has 0 bridgehead atoms. The van der Waals surface area contributed by atoms with Gasteiger partial charge in [-0.25, -0.2) is 4.79 Å². The zero-order chi connectivity index (χ0) is 15.9. The van der Waals surface area contributed by atoms with Crippen molar-refractivity contribution in [3.8, 4) is 0 Å². The highest BCUT2D eigenvalue weighted by Crippen LogP contribution is 2.04. The van der Waals surface area contributed by atoms with Crippen molar-refractivity contribution in [3.05, 3.63) is 60.3 Å². The highest BCUT2D eigenvalue weighted by Gasteiger charge is 2.22. The van der Waals surface area contributed by atoms with Crippen LogP contribution in [0, 0.1) is 0 Å². The summed E-state index contributed by atoms with van der Waals surface area (Å²) in [7, 11) is 0. The maximum Gasteiger partial charge on any atom is 0.512 e. The molecular weight excluding hydrogens is 284 g/mol. The molecule has 0 saturated carbocycles. The molecule has 114 valence electrons. The molecule has 2 N–H and O–H groups in total. The van der Waals surface area contributed by atoms with Crippen LogP contribution < -0.4 is 9.88 Å². The van der Waals surface area contributed by atoms with Gasteiger partial charge in [0.05, 0.1) is 0 Å². The highest BCUT2D eigenvalue weighted by atomic mass is 16.5. The van der Waals surface area contributed by atoms with Crippen molar-refractivity contribution in [3.63, 3.8) is 0 Å². The summed E-state index contributed by atoms with van der Waals surface area (Å²) in [5.41, 5.74) is 0.876. The topological polar surface area (TPSA) is 79.5 Å². The fourth-order valence-electron chi connectivity index (χ4n) is 1.79. The number of nitrogens with one attached hydrogen (secondary N) is 1. The number of hydrogen-bond acceptors (Lipinski definition) is 4. The Bertz CT molecular complexity index is 658. The molecule has 1 heterocycles. The van der Waals surface area contributed by atoms with Crippen molar-refractivity contribution in [1.82, 2.24) is 0 Å². The van der Waals surface area contributed by atoms with Gasteiger partial charge in [0.2, 0.25) is 0 Å². The fraction of sp³-hybridized carbons (Fsp3) is 0.188. The number of carbonyl (C=O) groups is 2. The second-order valence-corrected chi connectivity index (χ2v) is 4.70. The van der Waals surface area contributed by atoms with Crippen molar-refractivity contribution >= 4 is 17.9 Å². The lowest BCUT2D eigenvalue weighted by atomic mass is 10.2. The zero-order valence-electron chi connectivity index (χ0n) is 12.1. The minimum absolute atomic E-state index is 0.148. The Balaban J connectivity index is 2.07. The van der Waals surface area contributed by atoms with E-state index in [0.717, 1.165) is 5.56 Å². The Labute approximate surface area is 128 Å². The number of rotatable bonds is 5. The second kappa shape index (κ2) is 7.21. The number of anilines is 1. The first-order valence-corrected chi connectivity index (χ1v) is 6.79. The van der Waals surface area contributed by atoms with Crippen LogP contribution in [0.2, 0.25) is 0 Å². The third-order valence-electron chi connectivity index (χ3n) is 3.00. The van der Waals surface area contributed by atoms with Gasteiger partial charge in [-0.2, -0.15) is 4.79 Å². The van der Waals surface area contributed by atoms with E-state index in [2.05, 4.69) is 5.32 Å². The van der Waals surface area contributed by atoms with E-state index in [9.17, 15) is 9.59 Å². The lowest BCUT2D eigenvalue weighted by molar-refractivity contribution is -0.572. The van der Waals surface area contributed by atoms with E-state index in [1.165, 1.54) is 17.7 Å². The van der Waals surface area contributed by atoms with E-state index >= 15 is 0 Å². The van der Waals surface area contributed by atoms with Gasteiger partial charge in [0.1, 0.15) is 12.8 Å². The molecule has 1 unspecified atom stereocenters. The number of pyridine rings is 1. The number of benzene rings is 1. The lowest BCUT2D eigenvalue weighted by Gasteiger charge is -2.08. The first-order chi connectivity index (χ1) is 10.6. The van der Waals surface area contributed by atoms with E-state index < -0.39 is 18.1 Å². The van der Waals surface area contributed by atoms with Gasteiger partial charge in [0.25, 0.3) is 5.82 Å². The first-order valence-electron chi connectivity index (χ1n) is 6.79. The molecule has 0 fully saturated rings. The third kappa shape index (κ3) is 4.05. The van der Waals surface area contributed by atoms with Crippen LogP contribution in [-0.4, -0.2) is 23.2 Å². The molecule has 1 aromatic carbocycles. The number of aromatic nitrogens is 1. The van der Waals surface area contributed by atoms with Crippen molar-refractivity contribution in [2.75, 3.05) is 5.32 Å². The van der Waals surface area contributed by atoms with Gasteiger partial charge in [-0.3, -0.25) is 5.32 Å². The van der Waals surface area contributed by atoms with Crippen LogP contribution in [0.1, 0.15) is 12.5 Å². The standard InChI is InChI=1S/C16H16N2O4/c1-12(15(19)20)17-14-9-5-6-10-18(14)16(21)22-11-13-7-3-2-4-8-13/h2-10,12H,11H2,1H3,(H,19,20)/p+1. The van der Waals surface area contributed by atoms with Crippen LogP contribution in [-0.2, 0) is 16.1 Å². The van der Waals surface area contributed by atoms with Gasteiger partial charge in [-0.05, 0) is 18.6 Å². The van der Waals surface area contributed by atoms with E-state index in [4.69, 9.17) is 9.84 Å². The molecule has 2 aromatic rings. The summed E-state index contributed by atoms with van der Waals surface area (Å²) >= 11 is 0. The summed E-state index contributed by atoms with van der Waals surface area (Å²) < 4.78 is 6.47. The van der Waals surface area contributed by atoms with Crippen LogP contribution >= 0.6 is 0 Å². The van der Waals surface area contributed by atoms with E-state index in [1.807, 2.05) is 30.3 Å². The molecule has 0 aliphatic carbocycles. The maximum absolute atomic E-state index is 12.1. The molecule has 1 aromatic heterocycles. The van der Waals surface area contributed by atoms with Crippen LogP contribution in [0.25, 0.3) is 0 Å². The molecule has 0 amide bonds. The monoisotopic (exact) mass is 301 g/mol. The van der Waals surface area contributed by atoms with Gasteiger partial charge in [-0.1, -0.05) is 36.4 Å². The molecule has 0 aliphatic rings. The summed E-state index contributed by atoms with van der Waals surface area (Å²) in [6.45, 7) is 1.64. The van der Waals surface area contributed by atoms with E-state index in [-0.39, 0.29) is 6.61 Å². The molecule has 0 spiro atoms. The first kappa shape index (κ1) is 15.5. The van der Waals surface area contributed by atoms with Crippen LogP contribution in [0.3, 0.4) is 0 Å². The van der Waals surface area contributed by atoms with Crippen molar-refractivity contribution in [2.24, 2.45) is 0 Å². The third-order valence-corrected chi connectivity index (χ3v) is 3.00. The predicted molar refractivity (Wildman–Crippen MR) is 79.4 cm³/mol. The maximum atomic E-state index is 12.1. The zero-order valence-corrected chi connectivity index (χ0v) is 12.1. The SMILES string of the molecule is CC(Nc1cccc[n+]1C(=O)OCc1ccccc1)C(=O)O. The smallest absolute Gasteiger partial charge is 0.478 e. The molecule has 6 heteroatoms. The Kier molecular flexibility index (Phi) is 5.08. The van der Waals surface area contributed by atoms with E-state index in [1.54, 1.807) is 18.2 Å². The van der Waals surface area contributed by atoms with Gasteiger partial charge in [0, 0.05) is 6.07 Å². The molecular formula is C16H17N2O4+. The van der Waals surface area contributed by atoms with E-state index in [0.29, 0.717) is 5.82 Å². The van der Waals surface area contributed by atoms with Crippen molar-refractivity contribution in [2.45, 2.75) is 19.6 Å². The van der Waals surface area contributed by atoms with Gasteiger partial charge < -0.3 is 9.84 Å². The lowest BCUT2D eigenvalue weighted by Crippen LogP contribution is -2.47. The van der Waals surface area contributed by atoms with Gasteiger partial charge in [0.15, 0.2) is 6.04 Å². The summed E-state index contributed by atoms with van der Waals surface area (Å²) in [5, 5.41) is 11.7. The van der Waals surface area contributed by atoms with Crippen LogP contribution in [0.4, 0.5) is 10.6 Å². The quantitative estimate of drug-likeness (QED) is 0.826. The molecule has 1 atom stereocenters. The summed E-state index contributed by atoms with van der Waals surface area (Å²) in [6.07, 6.45) is 0.939. The van der Waals surface area contributed by atoms with Crippen LogP contribution in [0.15, 0.2) is 54.7 Å². The minimum Gasteiger partial charge on any atom is -0.478 e. The van der Waals surface area contributed by atoms with Crippen molar-refractivity contribution in [1.29, 1.82) is 0 Å². The fourth-order valence-corrected chi connectivity index (χ4v) is 1.79. The minimum atomic E-state index is -1.01. The molecule has 0 aliphatic heterocycles. The number of carboxylic acids is 1. The molecule has 0 radical (unpaired) electrons. The number of ether oxygens (including phenoxy) is 1. The summed E-state index contributed by atoms with van der Waals surface area (Å²) in [4.78, 5) is 23.1. The van der Waals surface area contributed by atoms with Gasteiger partial charge >= 0.3 is 12.1 Å². The highest BCUT2D eigenvalue weighted by molar-refractivity contribution is 5.76. The number of carbonyl (C=O) groups excluding carboxylic acids is 1. The number of carboxylic acid groups (broad SMARTS) is 1.